The number of carbonyl (C=O) groups excluding carboxylic acids is 2. The zero-order valence-electron chi connectivity index (χ0n) is 26.7. The maximum Gasteiger partial charge on any atom is 0.409 e. The molecule has 0 saturated carbocycles. The van der Waals surface area contributed by atoms with E-state index in [1.54, 1.807) is 7.05 Å². The van der Waals surface area contributed by atoms with Gasteiger partial charge in [0.25, 0.3) is 0 Å². The van der Waals surface area contributed by atoms with E-state index in [1.165, 1.54) is 27.2 Å². The lowest BCUT2D eigenvalue weighted by atomic mass is 9.98. The molecule has 0 unspecified atom stereocenters. The van der Waals surface area contributed by atoms with Gasteiger partial charge >= 0.3 is 12.1 Å². The van der Waals surface area contributed by atoms with E-state index in [4.69, 9.17) is 37.9 Å². The van der Waals surface area contributed by atoms with Crippen LogP contribution >= 0.6 is 0 Å². The Hall–Kier alpha value is -3.06. The van der Waals surface area contributed by atoms with Gasteiger partial charge < -0.3 is 42.8 Å². The third-order valence-electron chi connectivity index (χ3n) is 7.02. The molecule has 2 aromatic rings. The number of hydrogen-bond donors (Lipinski definition) is 0. The van der Waals surface area contributed by atoms with Crippen molar-refractivity contribution in [3.05, 3.63) is 59.7 Å². The number of nitrogens with zero attached hydrogens (tertiary/aromatic N) is 1. The summed E-state index contributed by atoms with van der Waals surface area (Å²) in [6.07, 6.45) is 0.853. The standard InChI is InChI=1S/C34H49NO10/c1-3-8-33(36)44-26-25-43-24-23-42-22-21-41-20-19-40-18-17-39-16-15-38-14-13-35(2)34(37)45-27-32-30-11-6-4-9-28(30)29-10-5-7-12-31(29)32/h4-7,9-12,32H,3,8,13-27H2,1-2H3. The average molecular weight is 632 g/mol. The zero-order chi connectivity index (χ0) is 32.0. The van der Waals surface area contributed by atoms with Crippen molar-refractivity contribution in [2.45, 2.75) is 25.7 Å². The van der Waals surface area contributed by atoms with Gasteiger partial charge in [0.15, 0.2) is 0 Å². The van der Waals surface area contributed by atoms with Crippen LogP contribution in [0.1, 0.15) is 36.8 Å². The molecule has 1 aliphatic carbocycles. The van der Waals surface area contributed by atoms with Crippen LogP contribution in [0.15, 0.2) is 48.5 Å². The molecule has 0 aromatic heterocycles. The molecule has 1 aliphatic rings. The Labute approximate surface area is 267 Å². The van der Waals surface area contributed by atoms with Crippen molar-refractivity contribution in [1.29, 1.82) is 0 Å². The van der Waals surface area contributed by atoms with Crippen LogP contribution in [0.2, 0.25) is 0 Å². The predicted octanol–water partition coefficient (Wildman–Crippen LogP) is 4.31. The molecule has 1 amide bonds. The molecule has 0 saturated heterocycles. The summed E-state index contributed by atoms with van der Waals surface area (Å²) in [5, 5.41) is 0. The van der Waals surface area contributed by atoms with Gasteiger partial charge in [-0.25, -0.2) is 4.79 Å². The number of hydrogen-bond acceptors (Lipinski definition) is 10. The molecular formula is C34H49NO10. The van der Waals surface area contributed by atoms with E-state index in [1.807, 2.05) is 31.2 Å². The minimum atomic E-state index is -0.366. The molecule has 0 aliphatic heterocycles. The highest BCUT2D eigenvalue weighted by molar-refractivity contribution is 5.79. The molecule has 11 heteroatoms. The fourth-order valence-electron chi connectivity index (χ4n) is 4.69. The fourth-order valence-corrected chi connectivity index (χ4v) is 4.69. The van der Waals surface area contributed by atoms with Crippen molar-refractivity contribution >= 4 is 12.1 Å². The summed E-state index contributed by atoms with van der Waals surface area (Å²) in [6.45, 7) is 8.29. The summed E-state index contributed by atoms with van der Waals surface area (Å²) in [7, 11) is 1.71. The topological polar surface area (TPSA) is 111 Å². The number of benzene rings is 2. The molecule has 0 fully saturated rings. The Balaban J connectivity index is 1.06. The Morgan fingerprint density at radius 2 is 1.02 bits per heavy atom. The third-order valence-corrected chi connectivity index (χ3v) is 7.02. The van der Waals surface area contributed by atoms with Gasteiger partial charge in [-0.05, 0) is 28.7 Å². The first-order valence-corrected chi connectivity index (χ1v) is 15.8. The number of ether oxygens (including phenoxy) is 8. The monoisotopic (exact) mass is 631 g/mol. The molecular weight excluding hydrogens is 582 g/mol. The highest BCUT2D eigenvalue weighted by Gasteiger charge is 2.29. The Bertz CT molecular complexity index is 1070. The number of likely N-dealkylation sites (N-methyl/N-ethyl adjacent to an activating group) is 1. The van der Waals surface area contributed by atoms with Crippen LogP contribution in [0.3, 0.4) is 0 Å². The second-order valence-corrected chi connectivity index (χ2v) is 10.4. The largest absolute Gasteiger partial charge is 0.463 e. The van der Waals surface area contributed by atoms with Crippen molar-refractivity contribution in [2.24, 2.45) is 0 Å². The number of amides is 1. The molecule has 0 heterocycles. The van der Waals surface area contributed by atoms with Crippen LogP contribution in [0.5, 0.6) is 0 Å². The van der Waals surface area contributed by atoms with E-state index < -0.39 is 0 Å². The molecule has 45 heavy (non-hydrogen) atoms. The van der Waals surface area contributed by atoms with Crippen LogP contribution in [0, 0.1) is 0 Å². The molecule has 0 bridgehead atoms. The number of rotatable bonds is 25. The van der Waals surface area contributed by atoms with E-state index >= 15 is 0 Å². The smallest absolute Gasteiger partial charge is 0.409 e. The number of carbonyl (C=O) groups is 2. The van der Waals surface area contributed by atoms with E-state index in [0.29, 0.717) is 98.9 Å². The first-order chi connectivity index (χ1) is 22.1. The van der Waals surface area contributed by atoms with E-state index in [2.05, 4.69) is 24.3 Å². The molecule has 0 spiro atoms. The van der Waals surface area contributed by atoms with Gasteiger partial charge in [0.2, 0.25) is 0 Å². The number of fused-ring (bicyclic) bond motifs is 3. The fraction of sp³-hybridized carbons (Fsp3) is 0.588. The van der Waals surface area contributed by atoms with Gasteiger partial charge in [0.05, 0.1) is 79.3 Å². The second kappa shape index (κ2) is 22.4. The Morgan fingerprint density at radius 1 is 0.600 bits per heavy atom. The van der Waals surface area contributed by atoms with Crippen LogP contribution in [-0.4, -0.2) is 123 Å². The van der Waals surface area contributed by atoms with Crippen molar-refractivity contribution in [1.82, 2.24) is 4.90 Å². The minimum absolute atomic E-state index is 0.0399. The van der Waals surface area contributed by atoms with Gasteiger partial charge in [-0.15, -0.1) is 0 Å². The van der Waals surface area contributed by atoms with Gasteiger partial charge in [-0.3, -0.25) is 4.79 Å². The summed E-state index contributed by atoms with van der Waals surface area (Å²) in [4.78, 5) is 25.3. The zero-order valence-corrected chi connectivity index (χ0v) is 26.7. The maximum absolute atomic E-state index is 12.6. The summed E-state index contributed by atoms with van der Waals surface area (Å²) in [5.74, 6) is -0.152. The van der Waals surface area contributed by atoms with E-state index in [0.717, 1.165) is 6.42 Å². The van der Waals surface area contributed by atoms with Crippen molar-refractivity contribution in [2.75, 3.05) is 106 Å². The van der Waals surface area contributed by atoms with E-state index in [-0.39, 0.29) is 24.6 Å². The van der Waals surface area contributed by atoms with E-state index in [9.17, 15) is 9.59 Å². The quantitative estimate of drug-likeness (QED) is 0.116. The SMILES string of the molecule is CCCC(=O)OCCOCCOCCOCCOCCOCCOCCN(C)C(=O)OCC1c2ccccc2-c2ccccc21. The van der Waals surface area contributed by atoms with Crippen LogP contribution in [0.4, 0.5) is 4.79 Å². The Morgan fingerprint density at radius 3 is 1.49 bits per heavy atom. The van der Waals surface area contributed by atoms with Crippen LogP contribution in [0.25, 0.3) is 11.1 Å². The lowest BCUT2D eigenvalue weighted by Crippen LogP contribution is -2.32. The molecule has 2 aromatic carbocycles. The first kappa shape index (κ1) is 36.4. The van der Waals surface area contributed by atoms with Gasteiger partial charge in [-0.2, -0.15) is 0 Å². The maximum atomic E-state index is 12.6. The number of esters is 1. The predicted molar refractivity (Wildman–Crippen MR) is 168 cm³/mol. The summed E-state index contributed by atoms with van der Waals surface area (Å²) < 4.78 is 43.5. The van der Waals surface area contributed by atoms with Crippen molar-refractivity contribution in [3.8, 4) is 11.1 Å². The minimum Gasteiger partial charge on any atom is -0.463 e. The first-order valence-electron chi connectivity index (χ1n) is 15.8. The highest BCUT2D eigenvalue weighted by Crippen LogP contribution is 2.44. The van der Waals surface area contributed by atoms with Crippen molar-refractivity contribution in [3.63, 3.8) is 0 Å². The Kier molecular flexibility index (Phi) is 18.2. The molecule has 0 N–H and O–H groups in total. The highest BCUT2D eigenvalue weighted by atomic mass is 16.6. The summed E-state index contributed by atoms with van der Waals surface area (Å²) >= 11 is 0. The molecule has 11 nitrogen and oxygen atoms in total. The van der Waals surface area contributed by atoms with Gasteiger partial charge in [-0.1, -0.05) is 55.5 Å². The lowest BCUT2D eigenvalue weighted by molar-refractivity contribution is -0.145. The van der Waals surface area contributed by atoms with Crippen LogP contribution in [-0.2, 0) is 42.7 Å². The van der Waals surface area contributed by atoms with Crippen LogP contribution < -0.4 is 0 Å². The average Bonchev–Trinajstić information content (AvgIpc) is 3.37. The molecule has 0 radical (unpaired) electrons. The molecule has 3 rings (SSSR count). The second-order valence-electron chi connectivity index (χ2n) is 10.4. The van der Waals surface area contributed by atoms with Gasteiger partial charge in [0, 0.05) is 25.9 Å². The van der Waals surface area contributed by atoms with Crippen molar-refractivity contribution < 1.29 is 47.5 Å². The lowest BCUT2D eigenvalue weighted by Gasteiger charge is -2.19. The molecule has 0 atom stereocenters. The normalized spacial score (nSPS) is 12.1. The van der Waals surface area contributed by atoms with Gasteiger partial charge in [0.1, 0.15) is 13.2 Å². The summed E-state index contributed by atoms with van der Waals surface area (Å²) in [5.41, 5.74) is 4.79. The summed E-state index contributed by atoms with van der Waals surface area (Å²) in [6, 6.07) is 16.6. The third kappa shape index (κ3) is 13.9. The molecule has 250 valence electrons.